The third-order valence-corrected chi connectivity index (χ3v) is 4.27. The Morgan fingerprint density at radius 3 is 2.39 bits per heavy atom. The first kappa shape index (κ1) is 15.6. The first-order valence-corrected chi connectivity index (χ1v) is 7.21. The van der Waals surface area contributed by atoms with Gasteiger partial charge in [0.25, 0.3) is 0 Å². The first-order chi connectivity index (χ1) is 8.27. The highest BCUT2D eigenvalue weighted by atomic mass is 16.1. The maximum Gasteiger partial charge on any atom is 0.142 e. The van der Waals surface area contributed by atoms with Crippen LogP contribution in [0.25, 0.3) is 0 Å². The van der Waals surface area contributed by atoms with Gasteiger partial charge in [0.05, 0.1) is 0 Å². The predicted octanol–water partition coefficient (Wildman–Crippen LogP) is 2.26. The molecule has 0 amide bonds. The summed E-state index contributed by atoms with van der Waals surface area (Å²) in [5.74, 6) is 0.725. The monoisotopic (exact) mass is 254 g/mol. The van der Waals surface area contributed by atoms with Crippen LogP contribution in [-0.4, -0.2) is 55.4 Å². The summed E-state index contributed by atoms with van der Waals surface area (Å²) >= 11 is 0. The molecule has 18 heavy (non-hydrogen) atoms. The molecule has 0 bridgehead atoms. The first-order valence-electron chi connectivity index (χ1n) is 7.21. The largest absolute Gasteiger partial charge is 0.308 e. The summed E-state index contributed by atoms with van der Waals surface area (Å²) in [6, 6.07) is 0.515. The molecule has 1 fully saturated rings. The van der Waals surface area contributed by atoms with E-state index in [1.807, 2.05) is 0 Å². The van der Waals surface area contributed by atoms with Gasteiger partial charge in [-0.15, -0.1) is 0 Å². The Balaban J connectivity index is 2.56. The zero-order chi connectivity index (χ0) is 13.9. The van der Waals surface area contributed by atoms with E-state index in [1.54, 1.807) is 0 Å². The molecule has 1 rings (SSSR count). The van der Waals surface area contributed by atoms with Crippen molar-refractivity contribution in [2.24, 2.45) is 11.3 Å². The molecule has 0 radical (unpaired) electrons. The normalized spacial score (nSPS) is 25.1. The Labute approximate surface area is 113 Å². The van der Waals surface area contributed by atoms with Crippen LogP contribution >= 0.6 is 0 Å². The second kappa shape index (κ2) is 6.16. The Hall–Kier alpha value is -0.410. The number of carbonyl (C=O) groups is 1. The van der Waals surface area contributed by atoms with Crippen LogP contribution in [0.15, 0.2) is 0 Å². The standard InChI is InChI=1S/C15H30N2O/c1-7-17(12(2)10-16(5)6)11-13-8-9-15(3,4)14(13)18/h12-13H,7-11H2,1-6H3. The zero-order valence-corrected chi connectivity index (χ0v) is 13.0. The van der Waals surface area contributed by atoms with E-state index in [-0.39, 0.29) is 11.3 Å². The Morgan fingerprint density at radius 1 is 1.39 bits per heavy atom. The molecule has 0 aromatic heterocycles. The minimum Gasteiger partial charge on any atom is -0.308 e. The van der Waals surface area contributed by atoms with Crippen LogP contribution in [0.3, 0.4) is 0 Å². The second-order valence-electron chi connectivity index (χ2n) is 6.68. The molecule has 0 saturated heterocycles. The molecular formula is C15H30N2O. The van der Waals surface area contributed by atoms with Crippen LogP contribution in [-0.2, 0) is 4.79 Å². The van der Waals surface area contributed by atoms with E-state index in [2.05, 4.69) is 51.6 Å². The second-order valence-corrected chi connectivity index (χ2v) is 6.68. The summed E-state index contributed by atoms with van der Waals surface area (Å²) in [5, 5.41) is 0. The lowest BCUT2D eigenvalue weighted by molar-refractivity contribution is -0.128. The Bertz CT molecular complexity index is 286. The number of carbonyl (C=O) groups excluding carboxylic acids is 1. The molecule has 1 saturated carbocycles. The van der Waals surface area contributed by atoms with Gasteiger partial charge in [-0.05, 0) is 40.4 Å². The molecule has 0 aromatic carbocycles. The number of ketones is 1. The molecule has 106 valence electrons. The zero-order valence-electron chi connectivity index (χ0n) is 13.0. The van der Waals surface area contributed by atoms with E-state index >= 15 is 0 Å². The molecule has 1 aliphatic rings. The molecule has 2 atom stereocenters. The third-order valence-electron chi connectivity index (χ3n) is 4.27. The van der Waals surface area contributed by atoms with E-state index in [0.717, 1.165) is 32.5 Å². The van der Waals surface area contributed by atoms with Crippen LogP contribution in [0.4, 0.5) is 0 Å². The van der Waals surface area contributed by atoms with Crippen molar-refractivity contribution in [1.82, 2.24) is 9.80 Å². The van der Waals surface area contributed by atoms with Gasteiger partial charge in [0.15, 0.2) is 0 Å². The molecule has 3 heteroatoms. The van der Waals surface area contributed by atoms with E-state index in [1.165, 1.54) is 0 Å². The van der Waals surface area contributed by atoms with Crippen molar-refractivity contribution < 1.29 is 4.79 Å². The van der Waals surface area contributed by atoms with Crippen LogP contribution in [0.1, 0.15) is 40.5 Å². The molecule has 0 spiro atoms. The van der Waals surface area contributed by atoms with Gasteiger partial charge in [-0.2, -0.15) is 0 Å². The Morgan fingerprint density at radius 2 is 2.00 bits per heavy atom. The minimum atomic E-state index is -0.0884. The summed E-state index contributed by atoms with van der Waals surface area (Å²) in [6.07, 6.45) is 2.12. The molecule has 3 nitrogen and oxygen atoms in total. The quantitative estimate of drug-likeness (QED) is 0.726. The number of Topliss-reactive ketones (excluding diaryl/α,β-unsaturated/α-hetero) is 1. The van der Waals surface area contributed by atoms with Crippen molar-refractivity contribution in [2.75, 3.05) is 33.7 Å². The summed E-state index contributed by atoms with van der Waals surface area (Å²) in [6.45, 7) is 11.7. The molecule has 2 unspecified atom stereocenters. The number of hydrogen-bond donors (Lipinski definition) is 0. The topological polar surface area (TPSA) is 23.6 Å². The molecule has 0 N–H and O–H groups in total. The highest BCUT2D eigenvalue weighted by Gasteiger charge is 2.40. The van der Waals surface area contributed by atoms with Gasteiger partial charge in [0, 0.05) is 30.5 Å². The highest BCUT2D eigenvalue weighted by molar-refractivity contribution is 5.88. The van der Waals surface area contributed by atoms with Gasteiger partial charge in [-0.3, -0.25) is 9.69 Å². The fourth-order valence-electron chi connectivity index (χ4n) is 3.06. The molecule has 0 aliphatic heterocycles. The lowest BCUT2D eigenvalue weighted by Crippen LogP contribution is -2.43. The lowest BCUT2D eigenvalue weighted by Gasteiger charge is -2.32. The summed E-state index contributed by atoms with van der Waals surface area (Å²) in [4.78, 5) is 17.0. The fourth-order valence-corrected chi connectivity index (χ4v) is 3.06. The summed E-state index contributed by atoms with van der Waals surface area (Å²) in [5.41, 5.74) is -0.0884. The number of nitrogens with zero attached hydrogens (tertiary/aromatic N) is 2. The van der Waals surface area contributed by atoms with E-state index < -0.39 is 0 Å². The van der Waals surface area contributed by atoms with Crippen molar-refractivity contribution in [3.8, 4) is 0 Å². The van der Waals surface area contributed by atoms with Crippen molar-refractivity contribution in [1.29, 1.82) is 0 Å². The maximum atomic E-state index is 12.3. The predicted molar refractivity (Wildman–Crippen MR) is 76.8 cm³/mol. The lowest BCUT2D eigenvalue weighted by atomic mass is 9.89. The van der Waals surface area contributed by atoms with Crippen LogP contribution in [0.2, 0.25) is 0 Å². The average Bonchev–Trinajstić information content (AvgIpc) is 2.51. The third kappa shape index (κ3) is 3.79. The number of rotatable bonds is 6. The smallest absolute Gasteiger partial charge is 0.142 e. The van der Waals surface area contributed by atoms with Crippen molar-refractivity contribution in [3.05, 3.63) is 0 Å². The van der Waals surface area contributed by atoms with Gasteiger partial charge >= 0.3 is 0 Å². The van der Waals surface area contributed by atoms with E-state index in [4.69, 9.17) is 0 Å². The van der Waals surface area contributed by atoms with Gasteiger partial charge in [-0.1, -0.05) is 20.8 Å². The summed E-state index contributed by atoms with van der Waals surface area (Å²) in [7, 11) is 4.21. The van der Waals surface area contributed by atoms with Gasteiger partial charge in [-0.25, -0.2) is 0 Å². The summed E-state index contributed by atoms with van der Waals surface area (Å²) < 4.78 is 0. The molecule has 0 heterocycles. The van der Waals surface area contributed by atoms with Crippen molar-refractivity contribution in [2.45, 2.75) is 46.6 Å². The van der Waals surface area contributed by atoms with Crippen molar-refractivity contribution in [3.63, 3.8) is 0 Å². The van der Waals surface area contributed by atoms with E-state index in [0.29, 0.717) is 11.8 Å². The van der Waals surface area contributed by atoms with Crippen LogP contribution in [0, 0.1) is 11.3 Å². The van der Waals surface area contributed by atoms with Crippen LogP contribution < -0.4 is 0 Å². The molecule has 1 aliphatic carbocycles. The van der Waals surface area contributed by atoms with Gasteiger partial charge < -0.3 is 4.90 Å². The van der Waals surface area contributed by atoms with Crippen molar-refractivity contribution >= 4 is 5.78 Å². The maximum absolute atomic E-state index is 12.3. The molecule has 0 aromatic rings. The minimum absolute atomic E-state index is 0.0884. The SMILES string of the molecule is CCN(CC1CCC(C)(C)C1=O)C(C)CN(C)C. The van der Waals surface area contributed by atoms with Gasteiger partial charge in [0.2, 0.25) is 0 Å². The number of likely N-dealkylation sites (N-methyl/N-ethyl adjacent to an activating group) is 2. The Kier molecular flexibility index (Phi) is 5.35. The molecular weight excluding hydrogens is 224 g/mol. The highest BCUT2D eigenvalue weighted by Crippen LogP contribution is 2.37. The van der Waals surface area contributed by atoms with Gasteiger partial charge in [0.1, 0.15) is 5.78 Å². The average molecular weight is 254 g/mol. The van der Waals surface area contributed by atoms with Crippen LogP contribution in [0.5, 0.6) is 0 Å². The van der Waals surface area contributed by atoms with E-state index in [9.17, 15) is 4.79 Å². The number of hydrogen-bond acceptors (Lipinski definition) is 3. The fraction of sp³-hybridized carbons (Fsp3) is 0.933.